The van der Waals surface area contributed by atoms with Gasteiger partial charge in [0.25, 0.3) is 0 Å². The Kier molecular flexibility index (Phi) is 22.6. The summed E-state index contributed by atoms with van der Waals surface area (Å²) < 4.78 is 4.09. The van der Waals surface area contributed by atoms with Crippen LogP contribution in [0.2, 0.25) is 0 Å². The van der Waals surface area contributed by atoms with Crippen LogP contribution in [0.1, 0.15) is 115 Å². The SMILES string of the molecule is CC/C=C\C/C=C\C/C=C\C/C=C\C/C=C\CCCCSC(CC)(CC)C(=O)N[C@@H](CCC)C(=O)Nc1ccc(O)c(C(=O)OC)c1. The zero-order chi connectivity index (χ0) is 34.8. The van der Waals surface area contributed by atoms with Crippen LogP contribution < -0.4 is 10.6 Å². The molecule has 1 atom stereocenters. The number of anilines is 1. The first-order valence-electron chi connectivity index (χ1n) is 17.2. The molecule has 0 radical (unpaired) electrons. The number of ether oxygens (including phenoxy) is 1. The molecule has 1 aromatic rings. The maximum Gasteiger partial charge on any atom is 0.341 e. The van der Waals surface area contributed by atoms with Crippen molar-refractivity contribution in [3.05, 3.63) is 84.5 Å². The number of esters is 1. The minimum absolute atomic E-state index is 0.0462. The van der Waals surface area contributed by atoms with Gasteiger partial charge in [-0.1, -0.05) is 94.9 Å². The quantitative estimate of drug-likeness (QED) is 0.0439. The largest absolute Gasteiger partial charge is 0.507 e. The molecular weight excluding hydrogens is 609 g/mol. The van der Waals surface area contributed by atoms with Gasteiger partial charge in [-0.05, 0) is 94.6 Å². The molecule has 0 bridgehead atoms. The summed E-state index contributed by atoms with van der Waals surface area (Å²) >= 11 is 1.68. The van der Waals surface area contributed by atoms with E-state index in [1.165, 1.54) is 25.3 Å². The number of thioether (sulfide) groups is 1. The normalized spacial score (nSPS) is 13.0. The molecule has 0 heterocycles. The highest BCUT2D eigenvalue weighted by atomic mass is 32.2. The van der Waals surface area contributed by atoms with Gasteiger partial charge in [-0.15, -0.1) is 11.8 Å². The second-order valence-corrected chi connectivity index (χ2v) is 12.8. The van der Waals surface area contributed by atoms with Crippen molar-refractivity contribution in [3.63, 3.8) is 0 Å². The highest BCUT2D eigenvalue weighted by Gasteiger charge is 2.37. The van der Waals surface area contributed by atoms with Gasteiger partial charge in [-0.2, -0.15) is 0 Å². The fourth-order valence-electron chi connectivity index (χ4n) is 4.81. The fourth-order valence-corrected chi connectivity index (χ4v) is 6.14. The number of methoxy groups -OCH3 is 1. The Hall–Kier alpha value is -3.52. The first-order valence-corrected chi connectivity index (χ1v) is 18.2. The third-order valence-electron chi connectivity index (χ3n) is 7.73. The number of hydrogen-bond donors (Lipinski definition) is 3. The fraction of sp³-hybridized carbons (Fsp3) is 0.513. The van der Waals surface area contributed by atoms with Gasteiger partial charge < -0.3 is 20.5 Å². The number of unbranched alkanes of at least 4 members (excludes halogenated alkanes) is 2. The topological polar surface area (TPSA) is 105 Å². The first kappa shape index (κ1) is 41.5. The van der Waals surface area contributed by atoms with Crippen molar-refractivity contribution in [2.45, 2.75) is 116 Å². The number of phenols is 1. The Balaban J connectivity index is 2.50. The Morgan fingerprint density at radius 3 is 1.96 bits per heavy atom. The number of nitrogens with one attached hydrogen (secondary N) is 2. The summed E-state index contributed by atoms with van der Waals surface area (Å²) in [6.07, 6.45) is 32.6. The number of aromatic hydroxyl groups is 1. The van der Waals surface area contributed by atoms with Crippen molar-refractivity contribution in [2.24, 2.45) is 0 Å². The van der Waals surface area contributed by atoms with Gasteiger partial charge in [0.2, 0.25) is 11.8 Å². The van der Waals surface area contributed by atoms with Crippen LogP contribution in [0.15, 0.2) is 79.0 Å². The number of phenolic OH excluding ortho intramolecular Hbond substituents is 1. The van der Waals surface area contributed by atoms with Crippen molar-refractivity contribution in [1.29, 1.82) is 0 Å². The molecule has 0 aromatic heterocycles. The van der Waals surface area contributed by atoms with Crippen LogP contribution in [-0.2, 0) is 14.3 Å². The molecule has 0 aliphatic rings. The lowest BCUT2D eigenvalue weighted by molar-refractivity contribution is -0.128. The number of hydrogen-bond acceptors (Lipinski definition) is 6. The van der Waals surface area contributed by atoms with Gasteiger partial charge in [0.1, 0.15) is 17.4 Å². The van der Waals surface area contributed by atoms with E-state index in [1.54, 1.807) is 11.8 Å². The summed E-state index contributed by atoms with van der Waals surface area (Å²) in [7, 11) is 1.22. The maximum absolute atomic E-state index is 13.6. The van der Waals surface area contributed by atoms with E-state index in [4.69, 9.17) is 4.74 Å². The third kappa shape index (κ3) is 16.7. The average molecular weight is 667 g/mol. The zero-order valence-corrected chi connectivity index (χ0v) is 30.1. The number of benzene rings is 1. The smallest absolute Gasteiger partial charge is 0.341 e. The predicted molar refractivity (Wildman–Crippen MR) is 199 cm³/mol. The van der Waals surface area contributed by atoms with Gasteiger partial charge in [-0.25, -0.2) is 4.79 Å². The lowest BCUT2D eigenvalue weighted by atomic mass is 10.00. The minimum atomic E-state index is -0.726. The van der Waals surface area contributed by atoms with Crippen molar-refractivity contribution in [1.82, 2.24) is 5.32 Å². The molecule has 0 saturated heterocycles. The van der Waals surface area contributed by atoms with Crippen molar-refractivity contribution < 1.29 is 24.2 Å². The Morgan fingerprint density at radius 1 is 0.851 bits per heavy atom. The first-order chi connectivity index (χ1) is 22.8. The molecule has 2 amide bonds. The summed E-state index contributed by atoms with van der Waals surface area (Å²) in [5, 5.41) is 15.8. The van der Waals surface area contributed by atoms with Crippen LogP contribution >= 0.6 is 11.8 Å². The lowest BCUT2D eigenvalue weighted by Crippen LogP contribution is -2.51. The Labute approximate surface area is 288 Å². The second-order valence-electron chi connectivity index (χ2n) is 11.3. The molecule has 8 heteroatoms. The van der Waals surface area contributed by atoms with Crippen molar-refractivity contribution >= 4 is 35.2 Å². The van der Waals surface area contributed by atoms with Crippen LogP contribution in [0.5, 0.6) is 5.75 Å². The molecule has 3 N–H and O–H groups in total. The van der Waals surface area contributed by atoms with Gasteiger partial charge in [0.05, 0.1) is 11.9 Å². The van der Waals surface area contributed by atoms with E-state index >= 15 is 0 Å². The standard InChI is InChI=1S/C39H58N2O5S/c1-6-10-11-12-13-14-15-16-17-18-19-20-21-22-23-24-25-26-30-47-39(8-3,9-4)38(45)41-34(27-7-2)36(43)40-32-28-29-35(42)33(31-32)37(44)46-5/h10-11,13-14,16-17,19-20,22-23,28-29,31,34,42H,6-9,12,15,18,21,24-27,30H2,1-5H3,(H,40,43)(H,41,45)/b11-10-,14-13-,17-16-,20-19-,23-22-/t34-/m0/s1. The molecule has 47 heavy (non-hydrogen) atoms. The number of carbonyl (C=O) groups is 3. The monoisotopic (exact) mass is 666 g/mol. The number of allylic oxidation sites excluding steroid dienone is 10. The summed E-state index contributed by atoms with van der Waals surface area (Å²) in [5.74, 6) is -0.569. The van der Waals surface area contributed by atoms with E-state index in [0.717, 1.165) is 57.1 Å². The molecular formula is C39H58N2O5S. The van der Waals surface area contributed by atoms with Gasteiger partial charge >= 0.3 is 5.97 Å². The highest BCUT2D eigenvalue weighted by Crippen LogP contribution is 2.34. The van der Waals surface area contributed by atoms with Crippen LogP contribution in [0.3, 0.4) is 0 Å². The molecule has 1 rings (SSSR count). The Morgan fingerprint density at radius 2 is 1.43 bits per heavy atom. The summed E-state index contributed by atoms with van der Waals surface area (Å²) in [4.78, 5) is 38.7. The van der Waals surface area contributed by atoms with E-state index in [0.29, 0.717) is 31.4 Å². The summed E-state index contributed by atoms with van der Waals surface area (Å²) in [5.41, 5.74) is 0.290. The van der Waals surface area contributed by atoms with Crippen LogP contribution in [-0.4, -0.2) is 46.5 Å². The van der Waals surface area contributed by atoms with E-state index in [9.17, 15) is 19.5 Å². The van der Waals surface area contributed by atoms with E-state index in [2.05, 4.69) is 78.3 Å². The average Bonchev–Trinajstić information content (AvgIpc) is 3.07. The van der Waals surface area contributed by atoms with E-state index in [1.807, 2.05) is 20.8 Å². The number of amides is 2. The molecule has 0 saturated carbocycles. The third-order valence-corrected chi connectivity index (χ3v) is 9.53. The molecule has 260 valence electrons. The van der Waals surface area contributed by atoms with Gasteiger partial charge in [0, 0.05) is 5.69 Å². The maximum atomic E-state index is 13.6. The van der Waals surface area contributed by atoms with Crippen LogP contribution in [0, 0.1) is 0 Å². The summed E-state index contributed by atoms with van der Waals surface area (Å²) in [6.45, 7) is 8.15. The van der Waals surface area contributed by atoms with Crippen LogP contribution in [0.25, 0.3) is 0 Å². The molecule has 0 aliphatic heterocycles. The molecule has 7 nitrogen and oxygen atoms in total. The summed E-state index contributed by atoms with van der Waals surface area (Å²) in [6, 6.07) is 3.47. The second kappa shape index (κ2) is 25.6. The zero-order valence-electron chi connectivity index (χ0n) is 29.3. The predicted octanol–water partition coefficient (Wildman–Crippen LogP) is 9.62. The highest BCUT2D eigenvalue weighted by molar-refractivity contribution is 8.01. The van der Waals surface area contributed by atoms with Crippen molar-refractivity contribution in [2.75, 3.05) is 18.2 Å². The molecule has 1 aromatic carbocycles. The van der Waals surface area contributed by atoms with Crippen LogP contribution in [0.4, 0.5) is 5.69 Å². The Bertz CT molecular complexity index is 1210. The van der Waals surface area contributed by atoms with Crippen molar-refractivity contribution in [3.8, 4) is 5.75 Å². The molecule has 0 spiro atoms. The van der Waals surface area contributed by atoms with E-state index in [-0.39, 0.29) is 23.1 Å². The lowest BCUT2D eigenvalue weighted by Gasteiger charge is -2.31. The molecule has 0 unspecified atom stereocenters. The number of carbonyl (C=O) groups excluding carboxylic acids is 3. The number of rotatable bonds is 24. The molecule has 0 fully saturated rings. The van der Waals surface area contributed by atoms with E-state index < -0.39 is 16.8 Å². The van der Waals surface area contributed by atoms with Gasteiger partial charge in [0.15, 0.2) is 0 Å². The minimum Gasteiger partial charge on any atom is -0.507 e. The molecule has 0 aliphatic carbocycles. The van der Waals surface area contributed by atoms with Gasteiger partial charge in [-0.3, -0.25) is 9.59 Å².